The molecule has 2 unspecified atom stereocenters. The van der Waals surface area contributed by atoms with Gasteiger partial charge in [-0.1, -0.05) is 0 Å². The summed E-state index contributed by atoms with van der Waals surface area (Å²) in [5.74, 6) is 0. The van der Waals surface area contributed by atoms with Gasteiger partial charge in [0.15, 0.2) is 0 Å². The standard InChI is InChI=1S/C14H25NO4S/c1-2-18-11-14-7-3-9-19-13(14)6-8-15(10-14)20(16,17)12-4-5-12/h12-13H,2-11H2,1H3. The smallest absolute Gasteiger partial charge is 0.217 e. The van der Waals surface area contributed by atoms with Crippen LogP contribution in [-0.2, 0) is 19.5 Å². The number of hydrogen-bond donors (Lipinski definition) is 0. The Morgan fingerprint density at radius 1 is 1.35 bits per heavy atom. The summed E-state index contributed by atoms with van der Waals surface area (Å²) in [4.78, 5) is 0. The first-order valence-corrected chi connectivity index (χ1v) is 9.27. The van der Waals surface area contributed by atoms with Crippen LogP contribution in [0, 0.1) is 5.41 Å². The van der Waals surface area contributed by atoms with Crippen molar-refractivity contribution in [1.29, 1.82) is 0 Å². The van der Waals surface area contributed by atoms with Crippen LogP contribution in [0.1, 0.15) is 39.0 Å². The third kappa shape index (κ3) is 2.63. The molecule has 0 aromatic heterocycles. The number of sulfonamides is 1. The van der Waals surface area contributed by atoms with E-state index in [0.717, 1.165) is 38.7 Å². The molecule has 3 rings (SSSR count). The van der Waals surface area contributed by atoms with Crippen LogP contribution in [0.25, 0.3) is 0 Å². The predicted molar refractivity (Wildman–Crippen MR) is 76.0 cm³/mol. The van der Waals surface area contributed by atoms with Gasteiger partial charge in [-0.15, -0.1) is 0 Å². The molecular formula is C14H25NO4S. The normalized spacial score (nSPS) is 35.8. The van der Waals surface area contributed by atoms with Crippen molar-refractivity contribution in [1.82, 2.24) is 4.31 Å². The summed E-state index contributed by atoms with van der Waals surface area (Å²) in [6, 6.07) is 0. The molecule has 0 radical (unpaired) electrons. The lowest BCUT2D eigenvalue weighted by Crippen LogP contribution is -2.58. The van der Waals surface area contributed by atoms with Crippen LogP contribution < -0.4 is 0 Å². The van der Waals surface area contributed by atoms with Crippen molar-refractivity contribution in [2.75, 3.05) is 32.9 Å². The van der Waals surface area contributed by atoms with E-state index in [1.807, 2.05) is 6.92 Å². The summed E-state index contributed by atoms with van der Waals surface area (Å²) in [6.07, 6.45) is 4.64. The van der Waals surface area contributed by atoms with E-state index in [1.54, 1.807) is 4.31 Å². The number of ether oxygens (including phenoxy) is 2. The minimum absolute atomic E-state index is 0.118. The Morgan fingerprint density at radius 2 is 2.15 bits per heavy atom. The molecule has 2 heterocycles. The van der Waals surface area contributed by atoms with Gasteiger partial charge in [0, 0.05) is 31.7 Å². The summed E-state index contributed by atoms with van der Waals surface area (Å²) < 4.78 is 38.3. The summed E-state index contributed by atoms with van der Waals surface area (Å²) in [5.41, 5.74) is -0.130. The number of fused-ring (bicyclic) bond motifs is 1. The fourth-order valence-corrected chi connectivity index (χ4v) is 5.51. The van der Waals surface area contributed by atoms with E-state index >= 15 is 0 Å². The minimum Gasteiger partial charge on any atom is -0.381 e. The summed E-state index contributed by atoms with van der Waals surface area (Å²) in [7, 11) is -3.08. The van der Waals surface area contributed by atoms with Crippen LogP contribution in [0.4, 0.5) is 0 Å². The molecule has 5 nitrogen and oxygen atoms in total. The maximum absolute atomic E-state index is 12.5. The molecule has 0 bridgehead atoms. The van der Waals surface area contributed by atoms with Crippen molar-refractivity contribution in [3.8, 4) is 0 Å². The molecule has 2 saturated heterocycles. The molecule has 0 spiro atoms. The zero-order chi connectivity index (χ0) is 14.2. The van der Waals surface area contributed by atoms with Crippen molar-refractivity contribution in [2.24, 2.45) is 5.41 Å². The van der Waals surface area contributed by atoms with Crippen LogP contribution in [-0.4, -0.2) is 57.0 Å². The van der Waals surface area contributed by atoms with Crippen LogP contribution in [0.3, 0.4) is 0 Å². The second kappa shape index (κ2) is 5.55. The fraction of sp³-hybridized carbons (Fsp3) is 1.00. The lowest BCUT2D eigenvalue weighted by Gasteiger charge is -2.49. The molecule has 3 fully saturated rings. The number of piperidine rings is 1. The fourth-order valence-electron chi connectivity index (χ4n) is 3.56. The second-order valence-corrected chi connectivity index (χ2v) is 8.54. The van der Waals surface area contributed by atoms with Crippen LogP contribution in [0.5, 0.6) is 0 Å². The van der Waals surface area contributed by atoms with E-state index in [-0.39, 0.29) is 16.8 Å². The highest BCUT2D eigenvalue weighted by molar-refractivity contribution is 7.90. The van der Waals surface area contributed by atoms with Gasteiger partial charge < -0.3 is 9.47 Å². The average Bonchev–Trinajstić information content (AvgIpc) is 3.29. The van der Waals surface area contributed by atoms with Crippen LogP contribution in [0.15, 0.2) is 0 Å². The first kappa shape index (κ1) is 14.8. The van der Waals surface area contributed by atoms with Crippen molar-refractivity contribution < 1.29 is 17.9 Å². The lowest BCUT2D eigenvalue weighted by molar-refractivity contribution is -0.141. The predicted octanol–water partition coefficient (Wildman–Crippen LogP) is 1.39. The van der Waals surface area contributed by atoms with E-state index in [1.165, 1.54) is 0 Å². The Labute approximate surface area is 121 Å². The molecule has 0 aromatic rings. The molecule has 1 aliphatic carbocycles. The number of rotatable bonds is 5. The van der Waals surface area contributed by atoms with E-state index in [4.69, 9.17) is 9.47 Å². The molecule has 0 N–H and O–H groups in total. The Morgan fingerprint density at radius 3 is 2.85 bits per heavy atom. The van der Waals surface area contributed by atoms with Crippen molar-refractivity contribution in [2.45, 2.75) is 50.4 Å². The summed E-state index contributed by atoms with van der Waals surface area (Å²) in [5, 5.41) is -0.118. The van der Waals surface area contributed by atoms with E-state index in [2.05, 4.69) is 0 Å². The molecule has 0 aromatic carbocycles. The molecular weight excluding hydrogens is 278 g/mol. The zero-order valence-corrected chi connectivity index (χ0v) is 13.0. The molecule has 116 valence electrons. The van der Waals surface area contributed by atoms with Gasteiger partial charge in [0.2, 0.25) is 10.0 Å². The number of nitrogens with zero attached hydrogens (tertiary/aromatic N) is 1. The third-order valence-electron chi connectivity index (χ3n) is 4.85. The van der Waals surface area contributed by atoms with Crippen LogP contribution in [0.2, 0.25) is 0 Å². The maximum atomic E-state index is 12.5. The molecule has 0 amide bonds. The average molecular weight is 303 g/mol. The Hall–Kier alpha value is -0.170. The Kier molecular flexibility index (Phi) is 4.10. The van der Waals surface area contributed by atoms with Gasteiger partial charge in [0.25, 0.3) is 0 Å². The highest BCUT2D eigenvalue weighted by Gasteiger charge is 2.51. The second-order valence-electron chi connectivity index (χ2n) is 6.33. The van der Waals surface area contributed by atoms with Gasteiger partial charge in [-0.3, -0.25) is 0 Å². The van der Waals surface area contributed by atoms with Crippen molar-refractivity contribution >= 4 is 10.0 Å². The summed E-state index contributed by atoms with van der Waals surface area (Å²) in [6.45, 7) is 5.26. The van der Waals surface area contributed by atoms with Crippen molar-refractivity contribution in [3.05, 3.63) is 0 Å². The third-order valence-corrected chi connectivity index (χ3v) is 7.20. The quantitative estimate of drug-likeness (QED) is 0.770. The highest BCUT2D eigenvalue weighted by atomic mass is 32.2. The minimum atomic E-state index is -3.08. The number of hydrogen-bond acceptors (Lipinski definition) is 4. The highest BCUT2D eigenvalue weighted by Crippen LogP contribution is 2.43. The van der Waals surface area contributed by atoms with Crippen molar-refractivity contribution in [3.63, 3.8) is 0 Å². The molecule has 2 atom stereocenters. The maximum Gasteiger partial charge on any atom is 0.217 e. The largest absolute Gasteiger partial charge is 0.381 e. The SMILES string of the molecule is CCOCC12CCCOC1CCN(S(=O)(=O)C1CC1)C2. The van der Waals surface area contributed by atoms with Gasteiger partial charge in [-0.2, -0.15) is 0 Å². The zero-order valence-electron chi connectivity index (χ0n) is 12.2. The molecule has 6 heteroatoms. The van der Waals surface area contributed by atoms with Gasteiger partial charge in [0.05, 0.1) is 18.0 Å². The first-order valence-electron chi connectivity index (χ1n) is 7.77. The molecule has 2 aliphatic heterocycles. The Bertz CT molecular complexity index is 448. The Balaban J connectivity index is 1.78. The monoisotopic (exact) mass is 303 g/mol. The van der Waals surface area contributed by atoms with E-state index in [9.17, 15) is 8.42 Å². The molecule has 3 aliphatic rings. The van der Waals surface area contributed by atoms with Crippen LogP contribution >= 0.6 is 0 Å². The van der Waals surface area contributed by atoms with E-state index < -0.39 is 10.0 Å². The first-order chi connectivity index (χ1) is 9.58. The van der Waals surface area contributed by atoms with Gasteiger partial charge >= 0.3 is 0 Å². The van der Waals surface area contributed by atoms with E-state index in [0.29, 0.717) is 26.3 Å². The molecule has 1 saturated carbocycles. The van der Waals surface area contributed by atoms with Gasteiger partial charge in [0.1, 0.15) is 0 Å². The molecule has 20 heavy (non-hydrogen) atoms. The van der Waals surface area contributed by atoms with Gasteiger partial charge in [-0.25, -0.2) is 12.7 Å². The lowest BCUT2D eigenvalue weighted by atomic mass is 9.73. The summed E-state index contributed by atoms with van der Waals surface area (Å²) >= 11 is 0. The topological polar surface area (TPSA) is 55.8 Å². The van der Waals surface area contributed by atoms with Gasteiger partial charge in [-0.05, 0) is 39.0 Å².